The molecular formula is C34H62N2O9. The summed E-state index contributed by atoms with van der Waals surface area (Å²) >= 11 is 0. The number of hydrogen-bond donors (Lipinski definition) is 3. The number of aliphatic hydroxyl groups is 3. The Morgan fingerprint density at radius 1 is 1.07 bits per heavy atom. The van der Waals surface area contributed by atoms with Gasteiger partial charge in [0.2, 0.25) is 0 Å². The number of likely N-dealkylation sites (N-methyl/N-ethyl adjacent to an activating group) is 2. The lowest BCUT2D eigenvalue weighted by molar-refractivity contribution is -0.303. The largest absolute Gasteiger partial charge is 0.459 e. The normalized spacial score (nSPS) is 47.5. The van der Waals surface area contributed by atoms with Crippen molar-refractivity contribution in [1.29, 1.82) is 0 Å². The van der Waals surface area contributed by atoms with Gasteiger partial charge in [0.25, 0.3) is 0 Å². The van der Waals surface area contributed by atoms with Crippen LogP contribution in [0.1, 0.15) is 74.7 Å². The van der Waals surface area contributed by atoms with Crippen LogP contribution in [0, 0.1) is 17.8 Å². The molecule has 2 saturated heterocycles. The summed E-state index contributed by atoms with van der Waals surface area (Å²) in [7, 11) is 5.85. The molecule has 2 fully saturated rings. The Kier molecular flexibility index (Phi) is 13.5. The number of esters is 1. The molecule has 0 aromatic heterocycles. The van der Waals surface area contributed by atoms with E-state index in [1.54, 1.807) is 13.8 Å². The van der Waals surface area contributed by atoms with Crippen LogP contribution >= 0.6 is 0 Å². The van der Waals surface area contributed by atoms with Crippen molar-refractivity contribution >= 4 is 5.97 Å². The molecule has 45 heavy (non-hydrogen) atoms. The maximum absolute atomic E-state index is 13.6. The fraction of sp³-hybridized carbons (Fsp3) is 0.912. The summed E-state index contributed by atoms with van der Waals surface area (Å²) in [6, 6.07) is -0.418. The van der Waals surface area contributed by atoms with E-state index in [0.717, 1.165) is 0 Å². The second-order valence-corrected chi connectivity index (χ2v) is 14.7. The Labute approximate surface area is 271 Å². The highest BCUT2D eigenvalue weighted by Gasteiger charge is 2.51. The van der Waals surface area contributed by atoms with Gasteiger partial charge in [-0.15, -0.1) is 0 Å². The molecule has 0 aliphatic carbocycles. The molecule has 3 aliphatic heterocycles. The molecule has 11 heteroatoms. The zero-order valence-electron chi connectivity index (χ0n) is 29.5. The van der Waals surface area contributed by atoms with E-state index in [1.165, 1.54) is 0 Å². The fourth-order valence-corrected chi connectivity index (χ4v) is 7.68. The molecule has 11 nitrogen and oxygen atoms in total. The van der Waals surface area contributed by atoms with E-state index in [4.69, 9.17) is 23.7 Å². The monoisotopic (exact) mass is 642 g/mol. The van der Waals surface area contributed by atoms with E-state index >= 15 is 0 Å². The van der Waals surface area contributed by atoms with Crippen molar-refractivity contribution in [3.05, 3.63) is 12.2 Å². The van der Waals surface area contributed by atoms with Crippen molar-refractivity contribution in [3.63, 3.8) is 0 Å². The van der Waals surface area contributed by atoms with E-state index < -0.39 is 65.8 Å². The molecule has 0 aromatic carbocycles. The molecule has 0 spiro atoms. The van der Waals surface area contributed by atoms with Crippen molar-refractivity contribution in [2.75, 3.05) is 40.9 Å². The number of aliphatic hydroxyl groups excluding tert-OH is 2. The maximum atomic E-state index is 13.6. The molecule has 2 unspecified atom stereocenters. The molecule has 2 bridgehead atoms. The molecule has 3 heterocycles. The summed E-state index contributed by atoms with van der Waals surface area (Å²) in [5.41, 5.74) is -2.47. The number of carbonyl (C=O) groups excluding carboxylic acids is 1. The van der Waals surface area contributed by atoms with Crippen molar-refractivity contribution in [3.8, 4) is 0 Å². The summed E-state index contributed by atoms with van der Waals surface area (Å²) < 4.78 is 31.9. The van der Waals surface area contributed by atoms with Gasteiger partial charge in [0.15, 0.2) is 6.29 Å². The van der Waals surface area contributed by atoms with E-state index in [2.05, 4.69) is 11.8 Å². The van der Waals surface area contributed by atoms with E-state index in [-0.39, 0.29) is 37.3 Å². The SMILES string of the molecule is CC[C@H]1OC(=O)C(C)C(O)[C@H](C)[C@@H](O[C@@H]2O[C@H](C)C[C@H](N(C)C)[C@H]2O)[C@@]2(C)C[C@@H](C)CN(C)[C@H](C)[C@H](OC/C=C\CO2)[C@]1(C)O. The van der Waals surface area contributed by atoms with E-state index in [9.17, 15) is 20.1 Å². The van der Waals surface area contributed by atoms with Crippen LogP contribution in [0.4, 0.5) is 0 Å². The quantitative estimate of drug-likeness (QED) is 0.309. The predicted octanol–water partition coefficient (Wildman–Crippen LogP) is 2.59. The van der Waals surface area contributed by atoms with Crippen LogP contribution in [0.3, 0.4) is 0 Å². The third kappa shape index (κ3) is 8.86. The number of rotatable bonds is 4. The van der Waals surface area contributed by atoms with Gasteiger partial charge in [-0.3, -0.25) is 4.79 Å². The van der Waals surface area contributed by atoms with Gasteiger partial charge >= 0.3 is 5.97 Å². The summed E-state index contributed by atoms with van der Waals surface area (Å²) in [5.74, 6) is -2.11. The van der Waals surface area contributed by atoms with Crippen molar-refractivity contribution in [2.24, 2.45) is 17.8 Å². The van der Waals surface area contributed by atoms with Crippen LogP contribution < -0.4 is 0 Å². The third-order valence-electron chi connectivity index (χ3n) is 10.5. The van der Waals surface area contributed by atoms with Gasteiger partial charge in [-0.2, -0.15) is 0 Å². The highest BCUT2D eigenvalue weighted by molar-refractivity contribution is 5.73. The molecule has 14 atom stereocenters. The summed E-state index contributed by atoms with van der Waals surface area (Å²) in [5, 5.41) is 35.2. The third-order valence-corrected chi connectivity index (χ3v) is 10.5. The molecule has 0 aromatic rings. The molecule has 3 rings (SSSR count). The number of fused-ring (bicyclic) bond motifs is 6. The minimum absolute atomic E-state index is 0.0845. The van der Waals surface area contributed by atoms with E-state index in [0.29, 0.717) is 25.8 Å². The first-order valence-electron chi connectivity index (χ1n) is 16.8. The Hall–Kier alpha value is -1.15. The first-order valence-corrected chi connectivity index (χ1v) is 16.8. The number of cyclic esters (lactones) is 1. The van der Waals surface area contributed by atoms with Crippen LogP contribution in [-0.2, 0) is 28.5 Å². The molecule has 262 valence electrons. The summed E-state index contributed by atoms with van der Waals surface area (Å²) in [6.07, 6.45) is -0.288. The first-order chi connectivity index (χ1) is 20.9. The van der Waals surface area contributed by atoms with Crippen LogP contribution in [0.5, 0.6) is 0 Å². The van der Waals surface area contributed by atoms with Gasteiger partial charge < -0.3 is 48.8 Å². The molecular weight excluding hydrogens is 580 g/mol. The Balaban J connectivity index is 2.16. The molecule has 0 saturated carbocycles. The number of hydrogen-bond acceptors (Lipinski definition) is 11. The smallest absolute Gasteiger partial charge is 0.311 e. The summed E-state index contributed by atoms with van der Waals surface area (Å²) in [6.45, 7) is 16.2. The average Bonchev–Trinajstić information content (AvgIpc) is 2.97. The molecule has 0 radical (unpaired) electrons. The van der Waals surface area contributed by atoms with Gasteiger partial charge in [0.05, 0.1) is 43.0 Å². The van der Waals surface area contributed by atoms with Gasteiger partial charge in [-0.1, -0.05) is 32.9 Å². The topological polar surface area (TPSA) is 130 Å². The lowest BCUT2D eigenvalue weighted by Gasteiger charge is -2.48. The van der Waals surface area contributed by atoms with Crippen molar-refractivity contribution in [1.82, 2.24) is 9.80 Å². The van der Waals surface area contributed by atoms with Crippen molar-refractivity contribution in [2.45, 2.75) is 141 Å². The zero-order valence-corrected chi connectivity index (χ0v) is 29.5. The standard InChI is InChI=1S/C34H62N2O9/c1-12-26-34(8,40)30-24(6)36(11)19-20(2)18-33(7,42-16-14-13-15-41-30)29(22(4)27(37)23(5)31(39)44-26)45-32-28(38)25(35(9)10)17-21(3)43-32/h13-14,20-30,32,37-38,40H,12,15-19H2,1-11H3/b14-13-/t20-,21-,22+,23?,24-,25+,26-,27?,28-,29-,30+,32+,33-,34-/m1/s1. The number of nitrogens with zero attached hydrogens (tertiary/aromatic N) is 2. The van der Waals surface area contributed by atoms with Gasteiger partial charge in [0.1, 0.15) is 23.9 Å². The second-order valence-electron chi connectivity index (χ2n) is 14.7. The maximum Gasteiger partial charge on any atom is 0.311 e. The first kappa shape index (κ1) is 38.3. The fourth-order valence-electron chi connectivity index (χ4n) is 7.68. The van der Waals surface area contributed by atoms with Crippen LogP contribution in [-0.4, -0.2) is 138 Å². The van der Waals surface area contributed by atoms with Gasteiger partial charge in [0, 0.05) is 24.5 Å². The Morgan fingerprint density at radius 3 is 2.33 bits per heavy atom. The highest BCUT2D eigenvalue weighted by Crippen LogP contribution is 2.39. The highest BCUT2D eigenvalue weighted by atomic mass is 16.7. The zero-order chi connectivity index (χ0) is 33.9. The van der Waals surface area contributed by atoms with Gasteiger partial charge in [-0.05, 0) is 80.9 Å². The lowest BCUT2D eigenvalue weighted by Crippen LogP contribution is -2.60. The van der Waals surface area contributed by atoms with Crippen LogP contribution in [0.25, 0.3) is 0 Å². The minimum atomic E-state index is -1.52. The van der Waals surface area contributed by atoms with E-state index in [1.807, 2.05) is 72.8 Å². The van der Waals surface area contributed by atoms with Crippen molar-refractivity contribution < 1.29 is 43.8 Å². The van der Waals surface area contributed by atoms with Crippen LogP contribution in [0.15, 0.2) is 12.2 Å². The second kappa shape index (κ2) is 15.8. The molecule has 3 N–H and O–H groups in total. The van der Waals surface area contributed by atoms with Gasteiger partial charge in [-0.25, -0.2) is 0 Å². The molecule has 0 amide bonds. The average molecular weight is 643 g/mol. The Morgan fingerprint density at radius 2 is 1.71 bits per heavy atom. The van der Waals surface area contributed by atoms with Crippen LogP contribution in [0.2, 0.25) is 0 Å². The lowest BCUT2D eigenvalue weighted by atomic mass is 9.77. The Bertz CT molecular complexity index is 979. The summed E-state index contributed by atoms with van der Waals surface area (Å²) in [4.78, 5) is 17.8. The molecule has 3 aliphatic rings. The number of ether oxygens (including phenoxy) is 5. The number of carbonyl (C=O) groups is 1. The minimum Gasteiger partial charge on any atom is -0.459 e. The predicted molar refractivity (Wildman–Crippen MR) is 172 cm³/mol.